The molecule has 0 saturated carbocycles. The molecule has 1 atom stereocenters. The second-order valence-corrected chi connectivity index (χ2v) is 9.49. The summed E-state index contributed by atoms with van der Waals surface area (Å²) in [6.07, 6.45) is -3.86. The van der Waals surface area contributed by atoms with Gasteiger partial charge in [-0.1, -0.05) is 6.07 Å². The Kier molecular flexibility index (Phi) is 5.80. The van der Waals surface area contributed by atoms with E-state index in [0.29, 0.717) is 31.1 Å². The molecule has 4 rings (SSSR count). The number of aryl methyl sites for hydroxylation is 1. The van der Waals surface area contributed by atoms with Crippen LogP contribution in [0.25, 0.3) is 0 Å². The molecule has 2 aliphatic rings. The van der Waals surface area contributed by atoms with Crippen LogP contribution in [0.5, 0.6) is 11.5 Å². The molecule has 2 heterocycles. The molecule has 0 bridgehead atoms. The molecule has 0 spiro atoms. The van der Waals surface area contributed by atoms with Crippen LogP contribution >= 0.6 is 0 Å². The summed E-state index contributed by atoms with van der Waals surface area (Å²) in [7, 11) is -4.04. The zero-order valence-electron chi connectivity index (χ0n) is 17.1. The number of carbonyl (C=O) groups is 1. The average molecular weight is 470 g/mol. The number of hydrogen-bond acceptors (Lipinski definition) is 5. The number of hydrogen-bond donors (Lipinski definition) is 1. The molecular weight excluding hydrogens is 449 g/mol. The van der Waals surface area contributed by atoms with Gasteiger partial charge in [0.1, 0.15) is 19.3 Å². The molecule has 1 saturated heterocycles. The zero-order valence-corrected chi connectivity index (χ0v) is 17.9. The first-order chi connectivity index (χ1) is 15.1. The molecule has 0 radical (unpaired) electrons. The number of halogens is 3. The van der Waals surface area contributed by atoms with Gasteiger partial charge in [-0.3, -0.25) is 4.79 Å². The van der Waals surface area contributed by atoms with E-state index in [0.717, 1.165) is 10.4 Å². The van der Waals surface area contributed by atoms with Gasteiger partial charge in [0.15, 0.2) is 11.5 Å². The quantitative estimate of drug-likeness (QED) is 0.739. The SMILES string of the molecule is Cc1ccc(NC(=O)[C@@H]2CCCN2S(=O)(=O)c2ccc3c(c2)OCCO3)cc1C(F)(F)F. The third kappa shape index (κ3) is 4.26. The van der Waals surface area contributed by atoms with E-state index >= 15 is 0 Å². The second-order valence-electron chi connectivity index (χ2n) is 7.60. The van der Waals surface area contributed by atoms with E-state index in [1.807, 2.05) is 0 Å². The van der Waals surface area contributed by atoms with Crippen molar-refractivity contribution < 1.29 is 35.9 Å². The summed E-state index contributed by atoms with van der Waals surface area (Å²) in [5.74, 6) is 0.0585. The number of anilines is 1. The molecule has 2 aromatic rings. The van der Waals surface area contributed by atoms with Gasteiger partial charge in [-0.2, -0.15) is 17.5 Å². The van der Waals surface area contributed by atoms with Crippen LogP contribution in [0.4, 0.5) is 18.9 Å². The molecule has 2 aliphatic heterocycles. The van der Waals surface area contributed by atoms with Crippen molar-refractivity contribution in [2.24, 2.45) is 0 Å². The van der Waals surface area contributed by atoms with Crippen molar-refractivity contribution >= 4 is 21.6 Å². The summed E-state index contributed by atoms with van der Waals surface area (Å²) in [5.41, 5.74) is -0.877. The molecule has 1 amide bonds. The molecule has 7 nitrogen and oxygen atoms in total. The van der Waals surface area contributed by atoms with Crippen molar-refractivity contribution in [3.63, 3.8) is 0 Å². The first-order valence-electron chi connectivity index (χ1n) is 9.97. The lowest BCUT2D eigenvalue weighted by atomic mass is 10.1. The maximum atomic E-state index is 13.2. The summed E-state index contributed by atoms with van der Waals surface area (Å²) in [5, 5.41) is 2.44. The Hall–Kier alpha value is -2.79. The van der Waals surface area contributed by atoms with E-state index in [-0.39, 0.29) is 29.1 Å². The zero-order chi connectivity index (χ0) is 23.1. The highest BCUT2D eigenvalue weighted by molar-refractivity contribution is 7.89. The van der Waals surface area contributed by atoms with Crippen LogP contribution in [-0.2, 0) is 21.0 Å². The number of sulfonamides is 1. The summed E-state index contributed by atoms with van der Waals surface area (Å²) in [4.78, 5) is 12.8. The molecule has 32 heavy (non-hydrogen) atoms. The Bertz CT molecular complexity index is 1150. The van der Waals surface area contributed by atoms with E-state index in [1.165, 1.54) is 37.3 Å². The maximum absolute atomic E-state index is 13.2. The van der Waals surface area contributed by atoms with Gasteiger partial charge < -0.3 is 14.8 Å². The smallest absolute Gasteiger partial charge is 0.416 e. The lowest BCUT2D eigenvalue weighted by Crippen LogP contribution is -2.43. The Morgan fingerprint density at radius 3 is 2.53 bits per heavy atom. The summed E-state index contributed by atoms with van der Waals surface area (Å²) in [6.45, 7) is 2.11. The van der Waals surface area contributed by atoms with E-state index < -0.39 is 33.7 Å². The minimum atomic E-state index is -4.56. The molecule has 0 aromatic heterocycles. The van der Waals surface area contributed by atoms with E-state index in [2.05, 4.69) is 5.32 Å². The van der Waals surface area contributed by atoms with Gasteiger partial charge in [0.2, 0.25) is 15.9 Å². The Labute approximate surface area is 183 Å². The number of amides is 1. The lowest BCUT2D eigenvalue weighted by Gasteiger charge is -2.25. The van der Waals surface area contributed by atoms with Crippen molar-refractivity contribution in [3.8, 4) is 11.5 Å². The first kappa shape index (κ1) is 22.4. The number of rotatable bonds is 4. The number of fused-ring (bicyclic) bond motifs is 1. The minimum Gasteiger partial charge on any atom is -0.486 e. The van der Waals surface area contributed by atoms with Gasteiger partial charge in [-0.25, -0.2) is 8.42 Å². The fourth-order valence-electron chi connectivity index (χ4n) is 3.84. The minimum absolute atomic E-state index is 0.0270. The third-order valence-electron chi connectivity index (χ3n) is 5.44. The van der Waals surface area contributed by atoms with Crippen LogP contribution in [0.3, 0.4) is 0 Å². The van der Waals surface area contributed by atoms with Crippen LogP contribution in [0.1, 0.15) is 24.0 Å². The molecular formula is C21H21F3N2O5S. The Morgan fingerprint density at radius 1 is 1.09 bits per heavy atom. The van der Waals surface area contributed by atoms with Crippen LogP contribution in [0.2, 0.25) is 0 Å². The maximum Gasteiger partial charge on any atom is 0.416 e. The Morgan fingerprint density at radius 2 is 1.81 bits per heavy atom. The molecule has 0 unspecified atom stereocenters. The molecule has 1 N–H and O–H groups in total. The van der Waals surface area contributed by atoms with Crippen molar-refractivity contribution in [1.29, 1.82) is 0 Å². The molecule has 0 aliphatic carbocycles. The van der Waals surface area contributed by atoms with Gasteiger partial charge in [0.05, 0.1) is 10.5 Å². The van der Waals surface area contributed by atoms with Gasteiger partial charge in [-0.15, -0.1) is 0 Å². The van der Waals surface area contributed by atoms with Gasteiger partial charge in [0, 0.05) is 18.3 Å². The van der Waals surface area contributed by atoms with Crippen LogP contribution in [-0.4, -0.2) is 44.4 Å². The monoisotopic (exact) mass is 470 g/mol. The van der Waals surface area contributed by atoms with E-state index in [9.17, 15) is 26.4 Å². The van der Waals surface area contributed by atoms with Gasteiger partial charge >= 0.3 is 6.18 Å². The van der Waals surface area contributed by atoms with Crippen molar-refractivity contribution in [2.75, 3.05) is 25.1 Å². The number of nitrogens with one attached hydrogen (secondary N) is 1. The van der Waals surface area contributed by atoms with Crippen molar-refractivity contribution in [2.45, 2.75) is 36.9 Å². The Balaban J connectivity index is 1.56. The summed E-state index contributed by atoms with van der Waals surface area (Å²) >= 11 is 0. The van der Waals surface area contributed by atoms with E-state index in [1.54, 1.807) is 0 Å². The number of ether oxygens (including phenoxy) is 2. The topological polar surface area (TPSA) is 84.9 Å². The van der Waals surface area contributed by atoms with Crippen molar-refractivity contribution in [1.82, 2.24) is 4.31 Å². The van der Waals surface area contributed by atoms with Gasteiger partial charge in [0.25, 0.3) is 0 Å². The highest BCUT2D eigenvalue weighted by Crippen LogP contribution is 2.36. The average Bonchev–Trinajstić information content (AvgIpc) is 3.25. The fourth-order valence-corrected chi connectivity index (χ4v) is 5.51. The molecule has 172 valence electrons. The summed E-state index contributed by atoms with van der Waals surface area (Å²) < 4.78 is 77.9. The predicted octanol–water partition coefficient (Wildman–Crippen LogP) is 3.58. The normalized spacial score (nSPS) is 19.1. The molecule has 11 heteroatoms. The molecule has 1 fully saturated rings. The van der Waals surface area contributed by atoms with Crippen LogP contribution in [0.15, 0.2) is 41.3 Å². The number of carbonyl (C=O) groups excluding carboxylic acids is 1. The number of alkyl halides is 3. The van der Waals surface area contributed by atoms with E-state index in [4.69, 9.17) is 9.47 Å². The largest absolute Gasteiger partial charge is 0.486 e. The van der Waals surface area contributed by atoms with Crippen LogP contribution in [0, 0.1) is 6.92 Å². The van der Waals surface area contributed by atoms with Crippen molar-refractivity contribution in [3.05, 3.63) is 47.5 Å². The number of benzene rings is 2. The van der Waals surface area contributed by atoms with Gasteiger partial charge in [-0.05, 0) is 49.6 Å². The number of nitrogens with zero attached hydrogens (tertiary/aromatic N) is 1. The molecule has 2 aromatic carbocycles. The first-order valence-corrected chi connectivity index (χ1v) is 11.4. The predicted molar refractivity (Wildman–Crippen MR) is 109 cm³/mol. The highest BCUT2D eigenvalue weighted by Gasteiger charge is 2.40. The lowest BCUT2D eigenvalue weighted by molar-refractivity contribution is -0.138. The summed E-state index contributed by atoms with van der Waals surface area (Å²) in [6, 6.07) is 6.66. The second kappa shape index (κ2) is 8.28. The third-order valence-corrected chi connectivity index (χ3v) is 7.34. The van der Waals surface area contributed by atoms with Crippen LogP contribution < -0.4 is 14.8 Å². The standard InChI is InChI=1S/C21H21F3N2O5S/c1-13-4-5-14(11-16(13)21(22,23)24)25-20(27)17-3-2-8-26(17)32(28,29)15-6-7-18-19(12-15)31-10-9-30-18/h4-7,11-12,17H,2-3,8-10H2,1H3,(H,25,27)/t17-/m0/s1. The highest BCUT2D eigenvalue weighted by atomic mass is 32.2. The fraction of sp³-hybridized carbons (Fsp3) is 0.381.